The van der Waals surface area contributed by atoms with Gasteiger partial charge < -0.3 is 0 Å². The molecule has 1 aromatic heterocycles. The lowest BCUT2D eigenvalue weighted by Gasteiger charge is -1.90. The van der Waals surface area contributed by atoms with E-state index in [9.17, 15) is 9.18 Å². The van der Waals surface area contributed by atoms with E-state index in [4.69, 9.17) is 0 Å². The number of hydrogen-bond acceptors (Lipinski definition) is 2. The number of hydrogen-bond donors (Lipinski definition) is 0. The number of carbonyl (C=O) groups excluding carboxylic acids is 1. The van der Waals surface area contributed by atoms with E-state index in [0.717, 1.165) is 11.0 Å². The minimum atomic E-state index is -0.182. The fraction of sp³-hybridized carbons (Fsp3) is 0. The van der Waals surface area contributed by atoms with Crippen LogP contribution in [0.25, 0.3) is 10.1 Å². The normalized spacial score (nSPS) is 10.6. The SMILES string of the molecule is O=Cc1ccc2c(F)c(I)sc2c1. The lowest BCUT2D eigenvalue weighted by Crippen LogP contribution is -1.77. The molecule has 1 nitrogen and oxygen atoms in total. The highest BCUT2D eigenvalue weighted by Crippen LogP contribution is 2.31. The first kappa shape index (κ1) is 9.08. The zero-order valence-electron chi connectivity index (χ0n) is 6.38. The van der Waals surface area contributed by atoms with E-state index < -0.39 is 0 Å². The van der Waals surface area contributed by atoms with Crippen LogP contribution in [0.15, 0.2) is 18.2 Å². The Bertz CT molecular complexity index is 478. The Labute approximate surface area is 91.7 Å². The zero-order chi connectivity index (χ0) is 9.42. The van der Waals surface area contributed by atoms with E-state index in [2.05, 4.69) is 0 Å². The van der Waals surface area contributed by atoms with Crippen molar-refractivity contribution in [1.29, 1.82) is 0 Å². The highest BCUT2D eigenvalue weighted by Gasteiger charge is 2.09. The van der Waals surface area contributed by atoms with Crippen molar-refractivity contribution in [1.82, 2.24) is 0 Å². The molecule has 2 rings (SSSR count). The van der Waals surface area contributed by atoms with E-state index >= 15 is 0 Å². The van der Waals surface area contributed by atoms with Crippen LogP contribution in [0.5, 0.6) is 0 Å². The lowest BCUT2D eigenvalue weighted by molar-refractivity contribution is 0.112. The van der Waals surface area contributed by atoms with Crippen molar-refractivity contribution < 1.29 is 9.18 Å². The molecule has 1 aromatic carbocycles. The molecule has 0 saturated heterocycles. The van der Waals surface area contributed by atoms with Crippen LogP contribution in [-0.2, 0) is 0 Å². The third-order valence-electron chi connectivity index (χ3n) is 1.75. The Morgan fingerprint density at radius 2 is 2.23 bits per heavy atom. The van der Waals surface area contributed by atoms with E-state index in [1.165, 1.54) is 11.3 Å². The summed E-state index contributed by atoms with van der Waals surface area (Å²) in [6.07, 6.45) is 0.768. The summed E-state index contributed by atoms with van der Waals surface area (Å²) >= 11 is 3.32. The molecule has 0 radical (unpaired) electrons. The average molecular weight is 306 g/mol. The molecule has 66 valence electrons. The second-order valence-electron chi connectivity index (χ2n) is 2.56. The summed E-state index contributed by atoms with van der Waals surface area (Å²) in [7, 11) is 0. The third-order valence-corrected chi connectivity index (χ3v) is 3.80. The van der Waals surface area contributed by atoms with Gasteiger partial charge in [0.25, 0.3) is 0 Å². The Kier molecular flexibility index (Phi) is 2.33. The molecular formula is C9H4FIOS. The molecule has 0 aliphatic heterocycles. The van der Waals surface area contributed by atoms with Gasteiger partial charge in [-0.2, -0.15) is 0 Å². The van der Waals surface area contributed by atoms with Crippen molar-refractivity contribution in [3.05, 3.63) is 32.5 Å². The van der Waals surface area contributed by atoms with Crippen molar-refractivity contribution in [3.8, 4) is 0 Å². The number of thiophene rings is 1. The summed E-state index contributed by atoms with van der Waals surface area (Å²) in [5, 5.41) is 0.597. The van der Waals surface area contributed by atoms with Gasteiger partial charge in [-0.25, -0.2) is 4.39 Å². The van der Waals surface area contributed by atoms with Gasteiger partial charge in [-0.15, -0.1) is 11.3 Å². The number of carbonyl (C=O) groups is 1. The Hall–Kier alpha value is -0.490. The molecule has 0 aliphatic rings. The van der Waals surface area contributed by atoms with E-state index in [-0.39, 0.29) is 5.82 Å². The standard InChI is InChI=1S/C9H4FIOS/c10-8-6-2-1-5(4-12)3-7(6)13-9(8)11/h1-4H. The first-order valence-corrected chi connectivity index (χ1v) is 5.44. The number of aldehydes is 1. The number of benzene rings is 1. The second-order valence-corrected chi connectivity index (χ2v) is 5.43. The summed E-state index contributed by atoms with van der Waals surface area (Å²) in [6.45, 7) is 0. The van der Waals surface area contributed by atoms with Gasteiger partial charge >= 0.3 is 0 Å². The van der Waals surface area contributed by atoms with E-state index in [1.807, 2.05) is 22.6 Å². The minimum Gasteiger partial charge on any atom is -0.298 e. The molecule has 4 heteroatoms. The second kappa shape index (κ2) is 3.34. The molecule has 0 fully saturated rings. The Morgan fingerprint density at radius 3 is 2.92 bits per heavy atom. The highest BCUT2D eigenvalue weighted by atomic mass is 127. The van der Waals surface area contributed by atoms with E-state index in [1.54, 1.807) is 18.2 Å². The molecule has 2 aromatic rings. The molecule has 0 amide bonds. The maximum atomic E-state index is 13.3. The topological polar surface area (TPSA) is 17.1 Å². The molecule has 0 aliphatic carbocycles. The first-order valence-electron chi connectivity index (χ1n) is 3.55. The first-order chi connectivity index (χ1) is 6.22. The molecule has 0 saturated carbocycles. The van der Waals surface area contributed by atoms with Crippen molar-refractivity contribution >= 4 is 50.3 Å². The maximum absolute atomic E-state index is 13.3. The van der Waals surface area contributed by atoms with Gasteiger partial charge in [-0.05, 0) is 34.7 Å². The molecule has 0 N–H and O–H groups in total. The van der Waals surface area contributed by atoms with E-state index in [0.29, 0.717) is 13.8 Å². The molecule has 0 spiro atoms. The van der Waals surface area contributed by atoms with Crippen molar-refractivity contribution in [2.75, 3.05) is 0 Å². The number of halogens is 2. The average Bonchev–Trinajstić information content (AvgIpc) is 2.42. The number of rotatable bonds is 1. The van der Waals surface area contributed by atoms with Crippen molar-refractivity contribution in [2.24, 2.45) is 0 Å². The molecule has 0 bridgehead atoms. The fourth-order valence-corrected chi connectivity index (χ4v) is 2.98. The van der Waals surface area contributed by atoms with Gasteiger partial charge in [-0.1, -0.05) is 6.07 Å². The number of fused-ring (bicyclic) bond motifs is 1. The van der Waals surface area contributed by atoms with Crippen LogP contribution in [0.2, 0.25) is 0 Å². The van der Waals surface area contributed by atoms with Crippen LogP contribution in [0.3, 0.4) is 0 Å². The predicted molar refractivity (Wildman–Crippen MR) is 59.9 cm³/mol. The van der Waals surface area contributed by atoms with Gasteiger partial charge in [0, 0.05) is 15.6 Å². The van der Waals surface area contributed by atoms with Crippen LogP contribution in [0.1, 0.15) is 10.4 Å². The summed E-state index contributed by atoms with van der Waals surface area (Å²) in [4.78, 5) is 10.5. The minimum absolute atomic E-state index is 0.182. The molecule has 13 heavy (non-hydrogen) atoms. The Balaban J connectivity index is 2.79. The quantitative estimate of drug-likeness (QED) is 0.582. The predicted octanol–water partition coefficient (Wildman–Crippen LogP) is 3.46. The largest absolute Gasteiger partial charge is 0.298 e. The highest BCUT2D eigenvalue weighted by molar-refractivity contribution is 14.1. The maximum Gasteiger partial charge on any atom is 0.155 e. The summed E-state index contributed by atoms with van der Waals surface area (Å²) < 4.78 is 14.8. The van der Waals surface area contributed by atoms with Gasteiger partial charge in [0.15, 0.2) is 5.82 Å². The van der Waals surface area contributed by atoms with Gasteiger partial charge in [0.2, 0.25) is 0 Å². The fourth-order valence-electron chi connectivity index (χ4n) is 1.13. The Morgan fingerprint density at radius 1 is 1.46 bits per heavy atom. The van der Waals surface area contributed by atoms with Crippen LogP contribution < -0.4 is 0 Å². The molecule has 1 heterocycles. The molecule has 0 unspecified atom stereocenters. The third kappa shape index (κ3) is 1.48. The molecular weight excluding hydrogens is 302 g/mol. The van der Waals surface area contributed by atoms with Crippen LogP contribution in [0, 0.1) is 8.70 Å². The smallest absolute Gasteiger partial charge is 0.155 e. The molecule has 0 atom stereocenters. The van der Waals surface area contributed by atoms with Crippen LogP contribution >= 0.6 is 33.9 Å². The summed E-state index contributed by atoms with van der Waals surface area (Å²) in [5.41, 5.74) is 0.588. The van der Waals surface area contributed by atoms with Crippen molar-refractivity contribution in [2.45, 2.75) is 0 Å². The summed E-state index contributed by atoms with van der Waals surface area (Å²) in [5.74, 6) is -0.182. The van der Waals surface area contributed by atoms with Crippen molar-refractivity contribution in [3.63, 3.8) is 0 Å². The van der Waals surface area contributed by atoms with Crippen LogP contribution in [0.4, 0.5) is 4.39 Å². The zero-order valence-corrected chi connectivity index (χ0v) is 9.36. The van der Waals surface area contributed by atoms with Crippen LogP contribution in [-0.4, -0.2) is 6.29 Å². The monoisotopic (exact) mass is 306 g/mol. The van der Waals surface area contributed by atoms with Gasteiger partial charge in [-0.3, -0.25) is 4.79 Å². The van der Waals surface area contributed by atoms with Gasteiger partial charge in [0.05, 0.1) is 0 Å². The van der Waals surface area contributed by atoms with Gasteiger partial charge in [0.1, 0.15) is 9.17 Å². The summed E-state index contributed by atoms with van der Waals surface area (Å²) in [6, 6.07) is 4.98. The lowest BCUT2D eigenvalue weighted by atomic mass is 10.2.